The van der Waals surface area contributed by atoms with Crippen LogP contribution in [0.15, 0.2) is 30.5 Å². The maximum Gasteiger partial charge on any atom is 0.0481 e. The van der Waals surface area contributed by atoms with Gasteiger partial charge in [-0.1, -0.05) is 18.2 Å². The summed E-state index contributed by atoms with van der Waals surface area (Å²) in [5.41, 5.74) is 13.8. The van der Waals surface area contributed by atoms with Crippen LogP contribution in [-0.2, 0) is 13.6 Å². The molecule has 1 atom stereocenters. The number of para-hydroxylation sites is 1. The second-order valence-electron chi connectivity index (χ2n) is 4.41. The van der Waals surface area contributed by atoms with Gasteiger partial charge in [-0.3, -0.25) is 0 Å². The zero-order chi connectivity index (χ0) is 12.3. The van der Waals surface area contributed by atoms with Crippen molar-refractivity contribution in [1.82, 2.24) is 9.88 Å². The van der Waals surface area contributed by atoms with Gasteiger partial charge in [-0.05, 0) is 11.6 Å². The fourth-order valence-electron chi connectivity index (χ4n) is 2.04. The fraction of sp³-hybridized carbons (Fsp3) is 0.385. The molecule has 0 saturated carbocycles. The van der Waals surface area contributed by atoms with Crippen molar-refractivity contribution in [2.24, 2.45) is 18.5 Å². The van der Waals surface area contributed by atoms with Crippen LogP contribution in [-0.4, -0.2) is 23.7 Å². The van der Waals surface area contributed by atoms with Crippen LogP contribution >= 0.6 is 0 Å². The van der Waals surface area contributed by atoms with Gasteiger partial charge < -0.3 is 21.4 Å². The second kappa shape index (κ2) is 5.31. The Balaban J connectivity index is 2.09. The largest absolute Gasteiger partial charge is 0.350 e. The molecule has 1 unspecified atom stereocenters. The van der Waals surface area contributed by atoms with Crippen LogP contribution in [0.25, 0.3) is 10.9 Å². The Labute approximate surface area is 102 Å². The van der Waals surface area contributed by atoms with Crippen LogP contribution in [0.1, 0.15) is 5.56 Å². The molecule has 0 aliphatic carbocycles. The van der Waals surface area contributed by atoms with Crippen molar-refractivity contribution in [3.05, 3.63) is 36.0 Å². The molecule has 1 aromatic heterocycles. The number of nitrogens with one attached hydrogen (secondary N) is 1. The molecule has 0 aliphatic heterocycles. The SMILES string of the molecule is Cn1cc(CNCC(N)CN)c2ccccc21. The summed E-state index contributed by atoms with van der Waals surface area (Å²) >= 11 is 0. The third kappa shape index (κ3) is 2.66. The van der Waals surface area contributed by atoms with E-state index in [1.807, 2.05) is 0 Å². The monoisotopic (exact) mass is 232 g/mol. The fourth-order valence-corrected chi connectivity index (χ4v) is 2.04. The quantitative estimate of drug-likeness (QED) is 0.705. The van der Waals surface area contributed by atoms with Crippen molar-refractivity contribution in [2.75, 3.05) is 13.1 Å². The third-order valence-corrected chi connectivity index (χ3v) is 3.00. The number of rotatable bonds is 5. The lowest BCUT2D eigenvalue weighted by Gasteiger charge is -2.09. The van der Waals surface area contributed by atoms with Gasteiger partial charge in [-0.25, -0.2) is 0 Å². The van der Waals surface area contributed by atoms with E-state index in [0.29, 0.717) is 6.54 Å². The van der Waals surface area contributed by atoms with Crippen molar-refractivity contribution in [3.63, 3.8) is 0 Å². The number of nitrogens with two attached hydrogens (primary N) is 2. The predicted molar refractivity (Wildman–Crippen MR) is 71.7 cm³/mol. The highest BCUT2D eigenvalue weighted by atomic mass is 14.9. The molecule has 1 aromatic carbocycles. The molecule has 2 rings (SSSR count). The molecule has 0 amide bonds. The van der Waals surface area contributed by atoms with Gasteiger partial charge in [0.25, 0.3) is 0 Å². The molecule has 0 saturated heterocycles. The minimum absolute atomic E-state index is 0.0324. The van der Waals surface area contributed by atoms with Gasteiger partial charge in [0.2, 0.25) is 0 Å². The average Bonchev–Trinajstić information content (AvgIpc) is 2.67. The summed E-state index contributed by atoms with van der Waals surface area (Å²) < 4.78 is 2.15. The highest BCUT2D eigenvalue weighted by molar-refractivity contribution is 5.83. The number of nitrogens with zero attached hydrogens (tertiary/aromatic N) is 1. The highest BCUT2D eigenvalue weighted by Crippen LogP contribution is 2.19. The average molecular weight is 232 g/mol. The van der Waals surface area contributed by atoms with Crippen molar-refractivity contribution in [3.8, 4) is 0 Å². The molecule has 0 fully saturated rings. The smallest absolute Gasteiger partial charge is 0.0481 e. The van der Waals surface area contributed by atoms with Crippen LogP contribution in [0.4, 0.5) is 0 Å². The first-order chi connectivity index (χ1) is 8.22. The zero-order valence-electron chi connectivity index (χ0n) is 10.2. The van der Waals surface area contributed by atoms with E-state index < -0.39 is 0 Å². The van der Waals surface area contributed by atoms with E-state index >= 15 is 0 Å². The summed E-state index contributed by atoms with van der Waals surface area (Å²) in [6, 6.07) is 8.44. The Morgan fingerprint density at radius 1 is 1.35 bits per heavy atom. The lowest BCUT2D eigenvalue weighted by atomic mass is 10.2. The Hall–Kier alpha value is -1.36. The summed E-state index contributed by atoms with van der Waals surface area (Å²) in [6.45, 7) is 2.09. The molecule has 0 spiro atoms. The van der Waals surface area contributed by atoms with Gasteiger partial charge in [0.05, 0.1) is 0 Å². The van der Waals surface area contributed by atoms with Crippen LogP contribution < -0.4 is 16.8 Å². The van der Waals surface area contributed by atoms with E-state index in [2.05, 4.69) is 47.4 Å². The number of hydrogen-bond donors (Lipinski definition) is 3. The van der Waals surface area contributed by atoms with E-state index in [1.165, 1.54) is 16.5 Å². The van der Waals surface area contributed by atoms with E-state index in [-0.39, 0.29) is 6.04 Å². The molecule has 4 heteroatoms. The highest BCUT2D eigenvalue weighted by Gasteiger charge is 2.05. The van der Waals surface area contributed by atoms with E-state index in [4.69, 9.17) is 11.5 Å². The first-order valence-electron chi connectivity index (χ1n) is 5.91. The van der Waals surface area contributed by atoms with Crippen LogP contribution in [0, 0.1) is 0 Å². The molecule has 1 heterocycles. The zero-order valence-corrected chi connectivity index (χ0v) is 10.2. The van der Waals surface area contributed by atoms with Crippen LogP contribution in [0.3, 0.4) is 0 Å². The first-order valence-corrected chi connectivity index (χ1v) is 5.91. The summed E-state index contributed by atoms with van der Waals surface area (Å²) in [6.07, 6.45) is 2.16. The van der Waals surface area contributed by atoms with Crippen molar-refractivity contribution in [2.45, 2.75) is 12.6 Å². The molecule has 17 heavy (non-hydrogen) atoms. The van der Waals surface area contributed by atoms with Gasteiger partial charge in [0, 0.05) is 49.8 Å². The van der Waals surface area contributed by atoms with Gasteiger partial charge in [0.15, 0.2) is 0 Å². The second-order valence-corrected chi connectivity index (χ2v) is 4.41. The van der Waals surface area contributed by atoms with Gasteiger partial charge in [0.1, 0.15) is 0 Å². The Kier molecular flexibility index (Phi) is 3.78. The normalized spacial score (nSPS) is 13.1. The van der Waals surface area contributed by atoms with Crippen LogP contribution in [0.2, 0.25) is 0 Å². The van der Waals surface area contributed by atoms with Crippen molar-refractivity contribution in [1.29, 1.82) is 0 Å². The molecule has 0 aliphatic rings. The molecular formula is C13H20N4. The molecule has 0 radical (unpaired) electrons. The third-order valence-electron chi connectivity index (χ3n) is 3.00. The summed E-state index contributed by atoms with van der Waals surface area (Å²) in [5.74, 6) is 0. The number of fused-ring (bicyclic) bond motifs is 1. The number of benzene rings is 1. The minimum Gasteiger partial charge on any atom is -0.350 e. The Morgan fingerprint density at radius 2 is 2.12 bits per heavy atom. The number of aryl methyl sites for hydroxylation is 1. The van der Waals surface area contributed by atoms with Crippen LogP contribution in [0.5, 0.6) is 0 Å². The van der Waals surface area contributed by atoms with Gasteiger partial charge >= 0.3 is 0 Å². The molecule has 92 valence electrons. The maximum atomic E-state index is 5.76. The molecule has 5 N–H and O–H groups in total. The van der Waals surface area contributed by atoms with Gasteiger partial charge in [-0.2, -0.15) is 0 Å². The topological polar surface area (TPSA) is 69.0 Å². The summed E-state index contributed by atoms with van der Waals surface area (Å²) in [7, 11) is 2.07. The van der Waals surface area contributed by atoms with E-state index in [9.17, 15) is 0 Å². The summed E-state index contributed by atoms with van der Waals surface area (Å²) in [5, 5.41) is 4.63. The van der Waals surface area contributed by atoms with Crippen molar-refractivity contribution < 1.29 is 0 Å². The van der Waals surface area contributed by atoms with Gasteiger partial charge in [-0.15, -0.1) is 0 Å². The standard InChI is InChI=1S/C13H20N4/c1-17-9-10(7-16-8-11(15)6-14)12-4-2-3-5-13(12)17/h2-5,9,11,16H,6-8,14-15H2,1H3. The Morgan fingerprint density at radius 3 is 2.88 bits per heavy atom. The molecule has 4 nitrogen and oxygen atoms in total. The lowest BCUT2D eigenvalue weighted by molar-refractivity contribution is 0.583. The lowest BCUT2D eigenvalue weighted by Crippen LogP contribution is -2.39. The number of hydrogen-bond acceptors (Lipinski definition) is 3. The molecular weight excluding hydrogens is 212 g/mol. The van der Waals surface area contributed by atoms with E-state index in [0.717, 1.165) is 13.1 Å². The van der Waals surface area contributed by atoms with Crippen molar-refractivity contribution >= 4 is 10.9 Å². The predicted octanol–water partition coefficient (Wildman–Crippen LogP) is 0.554. The minimum atomic E-state index is 0.0324. The maximum absolute atomic E-state index is 5.76. The molecule has 2 aromatic rings. The van der Waals surface area contributed by atoms with E-state index in [1.54, 1.807) is 0 Å². The first kappa shape index (κ1) is 12.1. The molecule has 0 bridgehead atoms. The Bertz CT molecular complexity index is 489. The summed E-state index contributed by atoms with van der Waals surface area (Å²) in [4.78, 5) is 0. The number of aromatic nitrogens is 1.